The molecule has 0 aliphatic heterocycles. The number of allylic oxidation sites excluding steroid dienone is 15. The summed E-state index contributed by atoms with van der Waals surface area (Å²) < 4.78 is 23.2. The fourth-order valence-electron chi connectivity index (χ4n) is 4.32. The summed E-state index contributed by atoms with van der Waals surface area (Å²) in [6, 6.07) is -0.879. The molecule has 0 aliphatic carbocycles. The van der Waals surface area contributed by atoms with Gasteiger partial charge in [-0.3, -0.25) is 13.8 Å². The Hall–Kier alpha value is -2.58. The highest BCUT2D eigenvalue weighted by atomic mass is 31.2. The smallest absolute Gasteiger partial charge is 0.387 e. The van der Waals surface area contributed by atoms with Crippen molar-refractivity contribution in [1.29, 1.82) is 0 Å². The summed E-state index contributed by atoms with van der Waals surface area (Å²) in [6.45, 7) is 4.49. The van der Waals surface area contributed by atoms with Gasteiger partial charge in [-0.15, -0.1) is 0 Å². The lowest BCUT2D eigenvalue weighted by molar-refractivity contribution is -0.870. The molecule has 8 nitrogen and oxygen atoms in total. The summed E-state index contributed by atoms with van der Waals surface area (Å²) in [5, 5.41) is 13.5. The second-order valence-corrected chi connectivity index (χ2v) is 14.7. The minimum Gasteiger partial charge on any atom is -0.387 e. The first kappa shape index (κ1) is 47.4. The van der Waals surface area contributed by atoms with Crippen molar-refractivity contribution in [1.82, 2.24) is 5.32 Å². The molecule has 0 aromatic rings. The Morgan fingerprint density at radius 1 is 0.700 bits per heavy atom. The number of amides is 1. The Labute approximate surface area is 305 Å². The van der Waals surface area contributed by atoms with Crippen molar-refractivity contribution in [2.75, 3.05) is 40.9 Å². The van der Waals surface area contributed by atoms with Gasteiger partial charge < -0.3 is 19.8 Å². The van der Waals surface area contributed by atoms with E-state index >= 15 is 0 Å². The van der Waals surface area contributed by atoms with E-state index in [0.29, 0.717) is 17.4 Å². The lowest BCUT2D eigenvalue weighted by Gasteiger charge is -2.25. The summed E-state index contributed by atoms with van der Waals surface area (Å²) in [5.74, 6) is -0.249. The maximum absolute atomic E-state index is 12.7. The molecule has 284 valence electrons. The monoisotopic (exact) mass is 717 g/mol. The van der Waals surface area contributed by atoms with Crippen LogP contribution in [-0.4, -0.2) is 73.4 Å². The van der Waals surface area contributed by atoms with E-state index in [4.69, 9.17) is 9.05 Å². The predicted molar refractivity (Wildman–Crippen MR) is 212 cm³/mol. The lowest BCUT2D eigenvalue weighted by atomic mass is 10.1. The quantitative estimate of drug-likeness (QED) is 0.0286. The number of carbonyl (C=O) groups excluding carboxylic acids is 1. The van der Waals surface area contributed by atoms with Crippen LogP contribution in [0.2, 0.25) is 0 Å². The van der Waals surface area contributed by atoms with E-state index in [1.54, 1.807) is 6.08 Å². The first-order valence-corrected chi connectivity index (χ1v) is 20.1. The molecule has 0 bridgehead atoms. The molecule has 0 rings (SSSR count). The second-order valence-electron chi connectivity index (χ2n) is 13.2. The number of hydrogen-bond donors (Lipinski definition) is 3. The number of quaternary nitrogens is 1. The van der Waals surface area contributed by atoms with Gasteiger partial charge in [-0.1, -0.05) is 124 Å². The zero-order valence-electron chi connectivity index (χ0n) is 31.8. The molecular formula is C41H70N2O6P+. The van der Waals surface area contributed by atoms with E-state index in [-0.39, 0.29) is 25.5 Å². The van der Waals surface area contributed by atoms with E-state index in [9.17, 15) is 19.4 Å². The number of phosphoric acid groups is 1. The zero-order valence-corrected chi connectivity index (χ0v) is 32.7. The fraction of sp³-hybridized carbons (Fsp3) is 0.585. The van der Waals surface area contributed by atoms with Crippen molar-refractivity contribution in [2.45, 2.75) is 116 Å². The Kier molecular flexibility index (Phi) is 30.7. The Morgan fingerprint density at radius 3 is 1.66 bits per heavy atom. The van der Waals surface area contributed by atoms with Crippen LogP contribution in [0.5, 0.6) is 0 Å². The first-order chi connectivity index (χ1) is 24.0. The molecule has 3 atom stereocenters. The van der Waals surface area contributed by atoms with E-state index in [0.717, 1.165) is 77.0 Å². The van der Waals surface area contributed by atoms with Crippen LogP contribution in [0.15, 0.2) is 97.2 Å². The molecule has 1 amide bonds. The highest BCUT2D eigenvalue weighted by molar-refractivity contribution is 7.47. The number of nitrogens with zero attached hydrogens (tertiary/aromatic N) is 1. The third-order valence-electron chi connectivity index (χ3n) is 7.31. The standard InChI is InChI=1S/C41H69N2O6P/c1-6-8-10-12-13-14-15-16-17-18-19-20-21-22-23-24-25-26-27-28-29-31-33-35-41(45)42-39(40(44)34-32-30-11-9-7-2)38-49-50(46,47)48-37-36-43(3,4)5/h8,10,13-14,16-17,19-20,22-23,25-26,28-29,32,34,39-40,44H,6-7,9,11-12,15,18,21,24,27,30-31,33,35-38H2,1-5H3,(H-,42,45,46,47)/p+1/b10-8-,14-13-,17-16-,20-19-,23-22-,26-25-,29-28-,34-32+. The van der Waals surface area contributed by atoms with Gasteiger partial charge in [0.15, 0.2) is 0 Å². The first-order valence-electron chi connectivity index (χ1n) is 18.6. The molecule has 0 aliphatic rings. The molecule has 9 heteroatoms. The van der Waals surface area contributed by atoms with Crippen molar-refractivity contribution in [2.24, 2.45) is 0 Å². The molecule has 0 aromatic carbocycles. The molecular weight excluding hydrogens is 647 g/mol. The Bertz CT molecular complexity index is 1130. The molecule has 0 radical (unpaired) electrons. The number of unbranched alkanes of at least 4 members (excludes halogenated alkanes) is 4. The minimum atomic E-state index is -4.34. The molecule has 3 unspecified atom stereocenters. The van der Waals surface area contributed by atoms with Crippen LogP contribution in [0.4, 0.5) is 0 Å². The molecule has 0 fully saturated rings. The molecule has 50 heavy (non-hydrogen) atoms. The summed E-state index contributed by atoms with van der Waals surface area (Å²) in [7, 11) is 1.51. The van der Waals surface area contributed by atoms with Crippen molar-refractivity contribution < 1.29 is 32.9 Å². The van der Waals surface area contributed by atoms with Gasteiger partial charge in [0.1, 0.15) is 13.2 Å². The summed E-state index contributed by atoms with van der Waals surface area (Å²) in [5.41, 5.74) is 0. The molecule has 0 saturated carbocycles. The van der Waals surface area contributed by atoms with Gasteiger partial charge in [-0.25, -0.2) is 4.57 Å². The highest BCUT2D eigenvalue weighted by Gasteiger charge is 2.27. The van der Waals surface area contributed by atoms with Crippen LogP contribution in [0, 0.1) is 0 Å². The minimum absolute atomic E-state index is 0.0435. The van der Waals surface area contributed by atoms with E-state index in [1.165, 1.54) is 0 Å². The number of phosphoric ester groups is 1. The van der Waals surface area contributed by atoms with Crippen LogP contribution < -0.4 is 5.32 Å². The number of hydrogen-bond acceptors (Lipinski definition) is 5. The molecule has 0 aromatic heterocycles. The largest absolute Gasteiger partial charge is 0.472 e. The Morgan fingerprint density at radius 2 is 1.18 bits per heavy atom. The average molecular weight is 718 g/mol. The van der Waals surface area contributed by atoms with Gasteiger partial charge in [0.25, 0.3) is 0 Å². The third-order valence-corrected chi connectivity index (χ3v) is 8.29. The predicted octanol–water partition coefficient (Wildman–Crippen LogP) is 9.62. The van der Waals surface area contributed by atoms with Crippen LogP contribution in [-0.2, 0) is 18.4 Å². The van der Waals surface area contributed by atoms with Crippen LogP contribution in [0.3, 0.4) is 0 Å². The second kappa shape index (κ2) is 32.3. The highest BCUT2D eigenvalue weighted by Crippen LogP contribution is 2.43. The zero-order chi connectivity index (χ0) is 37.2. The molecule has 0 heterocycles. The van der Waals surface area contributed by atoms with Crippen molar-refractivity contribution >= 4 is 13.7 Å². The maximum Gasteiger partial charge on any atom is 0.472 e. The fourth-order valence-corrected chi connectivity index (χ4v) is 5.06. The summed E-state index contributed by atoms with van der Waals surface area (Å²) in [4.78, 5) is 22.8. The van der Waals surface area contributed by atoms with Gasteiger partial charge in [0, 0.05) is 6.42 Å². The Balaban J connectivity index is 4.40. The lowest BCUT2D eigenvalue weighted by Crippen LogP contribution is -2.45. The molecule has 0 spiro atoms. The van der Waals surface area contributed by atoms with Gasteiger partial charge in [-0.2, -0.15) is 0 Å². The number of carbonyl (C=O) groups is 1. The van der Waals surface area contributed by atoms with Crippen LogP contribution in [0.25, 0.3) is 0 Å². The summed E-state index contributed by atoms with van der Waals surface area (Å²) >= 11 is 0. The number of aliphatic hydroxyl groups is 1. The van der Waals surface area contributed by atoms with Crippen LogP contribution >= 0.6 is 7.82 Å². The van der Waals surface area contributed by atoms with E-state index in [1.807, 2.05) is 27.2 Å². The normalized spacial score (nSPS) is 15.7. The summed E-state index contributed by atoms with van der Waals surface area (Å²) in [6.07, 6.45) is 45.3. The number of likely N-dealkylation sites (N-methyl/N-ethyl adjacent to an activating group) is 1. The third kappa shape index (κ3) is 33.9. The van der Waals surface area contributed by atoms with Gasteiger partial charge >= 0.3 is 7.82 Å². The van der Waals surface area contributed by atoms with Crippen LogP contribution in [0.1, 0.15) is 104 Å². The number of aliphatic hydroxyl groups excluding tert-OH is 1. The van der Waals surface area contributed by atoms with Crippen molar-refractivity contribution in [3.63, 3.8) is 0 Å². The molecule has 0 saturated heterocycles. The number of nitrogens with one attached hydrogen (secondary N) is 1. The molecule has 3 N–H and O–H groups in total. The van der Waals surface area contributed by atoms with Crippen molar-refractivity contribution in [3.8, 4) is 0 Å². The van der Waals surface area contributed by atoms with Gasteiger partial charge in [0.05, 0.1) is 39.9 Å². The van der Waals surface area contributed by atoms with E-state index in [2.05, 4.69) is 104 Å². The average Bonchev–Trinajstić information content (AvgIpc) is 3.06. The van der Waals surface area contributed by atoms with Gasteiger partial charge in [0.2, 0.25) is 5.91 Å². The van der Waals surface area contributed by atoms with E-state index < -0.39 is 20.0 Å². The van der Waals surface area contributed by atoms with Crippen molar-refractivity contribution in [3.05, 3.63) is 97.2 Å². The van der Waals surface area contributed by atoms with Gasteiger partial charge in [-0.05, 0) is 70.6 Å². The maximum atomic E-state index is 12.7. The number of rotatable bonds is 31. The topological polar surface area (TPSA) is 105 Å². The SMILES string of the molecule is CC/C=C\C/C=C\C/C=C\C/C=C\C/C=C\C/C=C\C/C=C\CCCC(=O)NC(COP(=O)(O)OCC[N+](C)(C)C)C(O)/C=C/CCCCC.